The molecule has 0 aliphatic heterocycles. The van der Waals surface area contributed by atoms with Crippen LogP contribution in [0.1, 0.15) is 98.4 Å². The van der Waals surface area contributed by atoms with Crippen molar-refractivity contribution in [2.75, 3.05) is 0 Å². The lowest BCUT2D eigenvalue weighted by Gasteiger charge is -2.63. The lowest BCUT2D eigenvalue weighted by atomic mass is 9.46. The second kappa shape index (κ2) is 12.6. The van der Waals surface area contributed by atoms with Crippen LogP contribution in [-0.4, -0.2) is 82.1 Å². The fourth-order valence-corrected chi connectivity index (χ4v) is 10.5. The quantitative estimate of drug-likeness (QED) is 0.321. The fraction of sp³-hybridized carbons (Fsp3) is 0.676. The van der Waals surface area contributed by atoms with E-state index in [1.165, 1.54) is 34.6 Å². The van der Waals surface area contributed by atoms with Crippen molar-refractivity contribution >= 4 is 35.8 Å². The molecule has 4 aliphatic rings. The molecule has 0 radical (unpaired) electrons. The number of benzene rings is 1. The van der Waals surface area contributed by atoms with Gasteiger partial charge in [0.2, 0.25) is 0 Å². The minimum Gasteiger partial charge on any atom is -0.461 e. The molecule has 4 aliphatic carbocycles. The van der Waals surface area contributed by atoms with Crippen molar-refractivity contribution in [2.24, 2.45) is 28.6 Å². The van der Waals surface area contributed by atoms with Crippen molar-refractivity contribution in [1.29, 1.82) is 0 Å². The summed E-state index contributed by atoms with van der Waals surface area (Å²) in [6.45, 7) is 13.2. The number of carbonyl (C=O) groups excluding carboxylic acids is 6. The van der Waals surface area contributed by atoms with Gasteiger partial charge >= 0.3 is 35.8 Å². The highest BCUT2D eigenvalue weighted by Gasteiger charge is 2.85. The summed E-state index contributed by atoms with van der Waals surface area (Å²) in [6, 6.07) is 8.32. The molecular formula is C37H48O13. The number of rotatable bonds is 7. The van der Waals surface area contributed by atoms with E-state index in [2.05, 4.69) is 0 Å². The number of ether oxygens (including phenoxy) is 6. The molecule has 0 saturated heterocycles. The largest absolute Gasteiger partial charge is 0.461 e. The Kier molecular flexibility index (Phi) is 9.42. The van der Waals surface area contributed by atoms with Gasteiger partial charge in [-0.05, 0) is 37.8 Å². The zero-order valence-corrected chi connectivity index (χ0v) is 30.1. The van der Waals surface area contributed by atoms with Crippen molar-refractivity contribution in [2.45, 2.75) is 129 Å². The van der Waals surface area contributed by atoms with Gasteiger partial charge in [-0.25, -0.2) is 4.79 Å². The average molecular weight is 701 g/mol. The molecule has 4 fully saturated rings. The van der Waals surface area contributed by atoms with Crippen LogP contribution in [0.2, 0.25) is 0 Å². The predicted octanol–water partition coefficient (Wildman–Crippen LogP) is 3.86. The number of carbonyl (C=O) groups is 6. The monoisotopic (exact) mass is 700 g/mol. The van der Waals surface area contributed by atoms with E-state index in [4.69, 9.17) is 28.4 Å². The van der Waals surface area contributed by atoms with Crippen LogP contribution in [0.3, 0.4) is 0 Å². The predicted molar refractivity (Wildman–Crippen MR) is 173 cm³/mol. The summed E-state index contributed by atoms with van der Waals surface area (Å²) in [5.41, 5.74) is -7.26. The third-order valence-electron chi connectivity index (χ3n) is 11.9. The first-order valence-corrected chi connectivity index (χ1v) is 17.0. The molecule has 12 atom stereocenters. The Bertz CT molecular complexity index is 1580. The summed E-state index contributed by atoms with van der Waals surface area (Å²) < 4.78 is 36.6. The molecule has 1 N–H and O–H groups in total. The van der Waals surface area contributed by atoms with E-state index >= 15 is 0 Å². The molecule has 5 rings (SSSR count). The maximum atomic E-state index is 13.5. The lowest BCUT2D eigenvalue weighted by molar-refractivity contribution is -0.290. The molecular weight excluding hydrogens is 652 g/mol. The van der Waals surface area contributed by atoms with Gasteiger partial charge < -0.3 is 33.5 Å². The molecule has 13 nitrogen and oxygen atoms in total. The smallest absolute Gasteiger partial charge is 0.338 e. The van der Waals surface area contributed by atoms with Crippen LogP contribution in [0.15, 0.2) is 30.3 Å². The Morgan fingerprint density at radius 2 is 1.30 bits per heavy atom. The van der Waals surface area contributed by atoms with Crippen LogP contribution in [-0.2, 0) is 52.4 Å². The van der Waals surface area contributed by atoms with Crippen molar-refractivity contribution in [1.82, 2.24) is 0 Å². The van der Waals surface area contributed by atoms with Gasteiger partial charge in [0.05, 0.1) is 11.5 Å². The number of fused-ring (bicyclic) bond motifs is 4. The topological polar surface area (TPSA) is 178 Å². The van der Waals surface area contributed by atoms with E-state index < -0.39 is 106 Å². The Balaban J connectivity index is 1.78. The first kappa shape index (κ1) is 37.3. The van der Waals surface area contributed by atoms with Crippen molar-refractivity contribution in [3.63, 3.8) is 0 Å². The van der Waals surface area contributed by atoms with Crippen molar-refractivity contribution < 1.29 is 62.3 Å². The Hall–Kier alpha value is -4.00. The highest BCUT2D eigenvalue weighted by atomic mass is 16.6. The fourth-order valence-electron chi connectivity index (χ4n) is 10.5. The Labute approximate surface area is 291 Å². The molecule has 0 amide bonds. The molecule has 13 heteroatoms. The van der Waals surface area contributed by atoms with E-state index in [1.807, 2.05) is 0 Å². The van der Waals surface area contributed by atoms with E-state index in [9.17, 15) is 33.9 Å². The number of hydrogen-bond acceptors (Lipinski definition) is 13. The summed E-state index contributed by atoms with van der Waals surface area (Å²) in [5.74, 6) is -6.52. The van der Waals surface area contributed by atoms with E-state index in [0.717, 1.165) is 0 Å². The summed E-state index contributed by atoms with van der Waals surface area (Å²) in [7, 11) is 0. The minimum absolute atomic E-state index is 0.0202. The van der Waals surface area contributed by atoms with Crippen LogP contribution < -0.4 is 0 Å². The lowest BCUT2D eigenvalue weighted by Crippen LogP contribution is -2.73. The van der Waals surface area contributed by atoms with Crippen LogP contribution in [0.4, 0.5) is 0 Å². The molecule has 0 spiro atoms. The minimum atomic E-state index is -1.94. The maximum Gasteiger partial charge on any atom is 0.338 e. The van der Waals surface area contributed by atoms with Crippen LogP contribution in [0.25, 0.3) is 0 Å². The third kappa shape index (κ3) is 5.84. The van der Waals surface area contributed by atoms with Gasteiger partial charge in [0.15, 0.2) is 5.60 Å². The van der Waals surface area contributed by atoms with Gasteiger partial charge in [0.25, 0.3) is 0 Å². The molecule has 1 unspecified atom stereocenters. The second-order valence-electron chi connectivity index (χ2n) is 15.5. The van der Waals surface area contributed by atoms with E-state index in [0.29, 0.717) is 0 Å². The van der Waals surface area contributed by atoms with Gasteiger partial charge in [0.1, 0.15) is 35.6 Å². The molecule has 4 saturated carbocycles. The van der Waals surface area contributed by atoms with Crippen molar-refractivity contribution in [3.05, 3.63) is 35.9 Å². The summed E-state index contributed by atoms with van der Waals surface area (Å²) in [5, 5.41) is 13.1. The standard InChI is InChI=1S/C37H48O13/c1-19-15-36(44)28(29(19)48-31(43)25-13-11-10-12-14-25)30(46-21(3)39)34(8)18-37(50-24(6)42)26(35(34,9)32(36)47-22(4)40)16-33(7,49-23(5)41)17-27(37)45-20(2)38/h10-14,19,26-30,32,44H,15-18H2,1-9H3/t19-,26-,27-,28?,29-,30+,32+,33+,34-,35+,36+,37-/m0/s1. The molecule has 50 heavy (non-hydrogen) atoms. The van der Waals surface area contributed by atoms with Gasteiger partial charge in [-0.2, -0.15) is 0 Å². The first-order chi connectivity index (χ1) is 23.1. The third-order valence-corrected chi connectivity index (χ3v) is 11.9. The second-order valence-corrected chi connectivity index (χ2v) is 15.5. The molecule has 1 aromatic carbocycles. The first-order valence-electron chi connectivity index (χ1n) is 17.0. The number of hydrogen-bond donors (Lipinski definition) is 1. The van der Waals surface area contributed by atoms with Gasteiger partial charge in [-0.3, -0.25) is 24.0 Å². The molecule has 0 aromatic heterocycles. The highest BCUT2D eigenvalue weighted by molar-refractivity contribution is 5.89. The maximum absolute atomic E-state index is 13.5. The SMILES string of the molecule is CC(=O)O[C@H]1C[C@](C)(OC(C)=O)C[C@@H]2[C@@]1(OC(C)=O)C[C@@]1(C)[C@H](OC(C)=O)C3[C@@H](OC(=O)c4ccccc4)[C@@H](C)C[C@]3(O)[C@H](OC(C)=O)[C@@]21C. The molecule has 0 bridgehead atoms. The molecule has 0 heterocycles. The molecule has 1 aromatic rings. The number of esters is 6. The summed E-state index contributed by atoms with van der Waals surface area (Å²) >= 11 is 0. The van der Waals surface area contributed by atoms with Crippen LogP contribution in [0.5, 0.6) is 0 Å². The van der Waals surface area contributed by atoms with Gasteiger partial charge in [-0.1, -0.05) is 39.0 Å². The average Bonchev–Trinajstić information content (AvgIpc) is 3.34. The van der Waals surface area contributed by atoms with Gasteiger partial charge in [0, 0.05) is 64.2 Å². The normalized spacial score (nSPS) is 41.4. The zero-order chi connectivity index (χ0) is 37.2. The number of aliphatic hydroxyl groups is 1. The van der Waals surface area contributed by atoms with Crippen LogP contribution >= 0.6 is 0 Å². The zero-order valence-electron chi connectivity index (χ0n) is 30.1. The van der Waals surface area contributed by atoms with Crippen molar-refractivity contribution in [3.8, 4) is 0 Å². The summed E-state index contributed by atoms with van der Waals surface area (Å²) in [6.07, 6.45) is -4.83. The Morgan fingerprint density at radius 3 is 1.84 bits per heavy atom. The molecule has 274 valence electrons. The Morgan fingerprint density at radius 1 is 0.720 bits per heavy atom. The highest BCUT2D eigenvalue weighted by Crippen LogP contribution is 2.76. The van der Waals surface area contributed by atoms with E-state index in [1.54, 1.807) is 58.0 Å². The van der Waals surface area contributed by atoms with Crippen LogP contribution in [0, 0.1) is 28.6 Å². The van der Waals surface area contributed by atoms with E-state index in [-0.39, 0.29) is 31.2 Å². The van der Waals surface area contributed by atoms with Gasteiger partial charge in [-0.15, -0.1) is 0 Å². The summed E-state index contributed by atoms with van der Waals surface area (Å²) in [4.78, 5) is 77.7.